The number of rotatable bonds is 6. The zero-order chi connectivity index (χ0) is 17.1. The van der Waals surface area contributed by atoms with E-state index in [0.29, 0.717) is 30.4 Å². The third kappa shape index (κ3) is 3.91. The van der Waals surface area contributed by atoms with Gasteiger partial charge in [-0.25, -0.2) is 4.68 Å². The molecule has 1 aromatic heterocycles. The fourth-order valence-corrected chi connectivity index (χ4v) is 3.09. The van der Waals surface area contributed by atoms with Crippen molar-refractivity contribution in [1.29, 1.82) is 0 Å². The van der Waals surface area contributed by atoms with Crippen LogP contribution in [0.15, 0.2) is 28.7 Å². The molecule has 0 aliphatic carbocycles. The van der Waals surface area contributed by atoms with Crippen molar-refractivity contribution in [3.8, 4) is 0 Å². The Hall–Kier alpha value is -1.99. The molecule has 1 aliphatic rings. The number of aryl methyl sites for hydroxylation is 1. The van der Waals surface area contributed by atoms with E-state index in [2.05, 4.69) is 29.1 Å². The topological polar surface area (TPSA) is 54.5 Å². The molecule has 0 saturated carbocycles. The second-order valence-corrected chi connectivity index (χ2v) is 6.61. The normalized spacial score (nSPS) is 14.8. The fourth-order valence-electron chi connectivity index (χ4n) is 2.89. The van der Waals surface area contributed by atoms with Crippen molar-refractivity contribution >= 4 is 18.1 Å². The molecule has 1 saturated heterocycles. The number of hydrogen-bond acceptors (Lipinski definition) is 5. The van der Waals surface area contributed by atoms with Gasteiger partial charge in [-0.1, -0.05) is 24.3 Å². The monoisotopic (exact) mass is 346 g/mol. The third-order valence-electron chi connectivity index (χ3n) is 4.22. The predicted molar refractivity (Wildman–Crippen MR) is 92.6 cm³/mol. The standard InChI is InChI=1S/C17H22N4O2S/c1-13-6-3-4-7-14(13)10-19(2)12-21-17(24)23-15(18-21)11-20-9-5-8-16(20)22/h3-4,6-7H,5,8-12H2,1-2H3. The molecule has 0 N–H and O–H groups in total. The maximum Gasteiger partial charge on any atom is 0.288 e. The molecular weight excluding hydrogens is 324 g/mol. The van der Waals surface area contributed by atoms with Crippen LogP contribution >= 0.6 is 12.2 Å². The van der Waals surface area contributed by atoms with Gasteiger partial charge in [0.2, 0.25) is 11.8 Å². The molecule has 1 aliphatic heterocycles. The Labute approximate surface area is 146 Å². The van der Waals surface area contributed by atoms with E-state index in [-0.39, 0.29) is 5.91 Å². The van der Waals surface area contributed by atoms with Gasteiger partial charge in [-0.15, -0.1) is 5.10 Å². The summed E-state index contributed by atoms with van der Waals surface area (Å²) in [6, 6.07) is 8.32. The van der Waals surface area contributed by atoms with Crippen LogP contribution in [0.2, 0.25) is 0 Å². The molecule has 1 amide bonds. The Morgan fingerprint density at radius 1 is 1.38 bits per heavy atom. The maximum absolute atomic E-state index is 11.7. The van der Waals surface area contributed by atoms with Gasteiger partial charge in [0.25, 0.3) is 4.84 Å². The molecule has 0 bridgehead atoms. The summed E-state index contributed by atoms with van der Waals surface area (Å²) in [5.74, 6) is 0.655. The van der Waals surface area contributed by atoms with Crippen molar-refractivity contribution in [2.24, 2.45) is 0 Å². The van der Waals surface area contributed by atoms with Crippen LogP contribution in [0.4, 0.5) is 0 Å². The van der Waals surface area contributed by atoms with Gasteiger partial charge in [-0.05, 0) is 43.7 Å². The highest BCUT2D eigenvalue weighted by molar-refractivity contribution is 7.71. The van der Waals surface area contributed by atoms with Gasteiger partial charge in [0.15, 0.2) is 0 Å². The summed E-state index contributed by atoms with van der Waals surface area (Å²) >= 11 is 5.26. The molecule has 128 valence electrons. The Balaban J connectivity index is 1.63. The van der Waals surface area contributed by atoms with Gasteiger partial charge in [0.05, 0.1) is 13.2 Å². The summed E-state index contributed by atoms with van der Waals surface area (Å²) in [6.07, 6.45) is 1.51. The molecule has 3 rings (SSSR count). The number of carbonyl (C=O) groups excluding carboxylic acids is 1. The van der Waals surface area contributed by atoms with Gasteiger partial charge in [0, 0.05) is 19.5 Å². The Kier molecular flexibility index (Phi) is 5.11. The number of amides is 1. The minimum atomic E-state index is 0.155. The summed E-state index contributed by atoms with van der Waals surface area (Å²) in [5.41, 5.74) is 2.54. The van der Waals surface area contributed by atoms with E-state index < -0.39 is 0 Å². The Morgan fingerprint density at radius 2 is 2.17 bits per heavy atom. The lowest BCUT2D eigenvalue weighted by atomic mass is 10.1. The highest BCUT2D eigenvalue weighted by Crippen LogP contribution is 2.14. The summed E-state index contributed by atoms with van der Waals surface area (Å²) in [5, 5.41) is 4.42. The van der Waals surface area contributed by atoms with E-state index in [9.17, 15) is 4.79 Å². The van der Waals surface area contributed by atoms with Gasteiger partial charge < -0.3 is 9.32 Å². The third-order valence-corrected chi connectivity index (χ3v) is 4.52. The SMILES string of the molecule is Cc1ccccc1CN(C)Cn1nc(CN2CCCC2=O)oc1=S. The first-order chi connectivity index (χ1) is 11.5. The van der Waals surface area contributed by atoms with E-state index >= 15 is 0 Å². The molecule has 0 unspecified atom stereocenters. The second-order valence-electron chi connectivity index (χ2n) is 6.26. The first kappa shape index (κ1) is 16.9. The quantitative estimate of drug-likeness (QED) is 0.753. The van der Waals surface area contributed by atoms with Crippen molar-refractivity contribution in [3.05, 3.63) is 46.1 Å². The van der Waals surface area contributed by atoms with E-state index in [0.717, 1.165) is 19.5 Å². The smallest absolute Gasteiger partial charge is 0.288 e. The average molecular weight is 346 g/mol. The number of aromatic nitrogens is 2. The number of hydrogen-bond donors (Lipinski definition) is 0. The van der Waals surface area contributed by atoms with Crippen LogP contribution in [0, 0.1) is 11.8 Å². The summed E-state index contributed by atoms with van der Waals surface area (Å²) in [4.78, 5) is 15.9. The number of benzene rings is 1. The van der Waals surface area contributed by atoms with E-state index in [1.807, 2.05) is 19.2 Å². The van der Waals surface area contributed by atoms with Crippen LogP contribution in [0.5, 0.6) is 0 Å². The molecule has 24 heavy (non-hydrogen) atoms. The molecule has 2 heterocycles. The van der Waals surface area contributed by atoms with Crippen molar-refractivity contribution in [2.45, 2.75) is 39.5 Å². The van der Waals surface area contributed by atoms with Crippen LogP contribution in [0.25, 0.3) is 0 Å². The van der Waals surface area contributed by atoms with Crippen LogP contribution in [-0.2, 0) is 24.6 Å². The molecule has 6 nitrogen and oxygen atoms in total. The van der Waals surface area contributed by atoms with Gasteiger partial charge in [0.1, 0.15) is 0 Å². The first-order valence-corrected chi connectivity index (χ1v) is 8.51. The second kappa shape index (κ2) is 7.27. The van der Waals surface area contributed by atoms with E-state index in [1.165, 1.54) is 11.1 Å². The lowest BCUT2D eigenvalue weighted by molar-refractivity contribution is -0.128. The maximum atomic E-state index is 11.7. The molecule has 0 spiro atoms. The number of nitrogens with zero attached hydrogens (tertiary/aromatic N) is 4. The van der Waals surface area contributed by atoms with Crippen LogP contribution < -0.4 is 0 Å². The molecule has 0 radical (unpaired) electrons. The highest BCUT2D eigenvalue weighted by Gasteiger charge is 2.22. The molecule has 2 aromatic rings. The number of likely N-dealkylation sites (tertiary alicyclic amines) is 1. The summed E-state index contributed by atoms with van der Waals surface area (Å²) in [6.45, 7) is 4.63. The minimum absolute atomic E-state index is 0.155. The lowest BCUT2D eigenvalue weighted by Crippen LogP contribution is -2.25. The van der Waals surface area contributed by atoms with Crippen molar-refractivity contribution in [1.82, 2.24) is 19.6 Å². The van der Waals surface area contributed by atoms with E-state index in [1.54, 1.807) is 9.58 Å². The lowest BCUT2D eigenvalue weighted by Gasteiger charge is -2.17. The first-order valence-electron chi connectivity index (χ1n) is 8.10. The average Bonchev–Trinajstić information content (AvgIpc) is 3.08. The fraction of sp³-hybridized carbons (Fsp3) is 0.471. The van der Waals surface area contributed by atoms with Crippen LogP contribution in [-0.4, -0.2) is 39.1 Å². The predicted octanol–water partition coefficient (Wildman–Crippen LogP) is 2.73. The molecule has 0 atom stereocenters. The molecular formula is C17H22N4O2S. The van der Waals surface area contributed by atoms with E-state index in [4.69, 9.17) is 16.6 Å². The van der Waals surface area contributed by atoms with Crippen molar-refractivity contribution in [3.63, 3.8) is 0 Å². The van der Waals surface area contributed by atoms with Crippen molar-refractivity contribution in [2.75, 3.05) is 13.6 Å². The van der Waals surface area contributed by atoms with Crippen LogP contribution in [0.1, 0.15) is 29.9 Å². The van der Waals surface area contributed by atoms with Gasteiger partial charge >= 0.3 is 0 Å². The Bertz CT molecular complexity index is 783. The Morgan fingerprint density at radius 3 is 2.88 bits per heavy atom. The number of carbonyl (C=O) groups is 1. The van der Waals surface area contributed by atoms with Gasteiger partial charge in [-0.3, -0.25) is 9.69 Å². The molecule has 1 aromatic carbocycles. The minimum Gasteiger partial charge on any atom is -0.412 e. The molecule has 7 heteroatoms. The molecule has 1 fully saturated rings. The van der Waals surface area contributed by atoms with Gasteiger partial charge in [-0.2, -0.15) is 0 Å². The highest BCUT2D eigenvalue weighted by atomic mass is 32.1. The summed E-state index contributed by atoms with van der Waals surface area (Å²) < 4.78 is 7.22. The largest absolute Gasteiger partial charge is 0.412 e. The van der Waals surface area contributed by atoms with Crippen LogP contribution in [0.3, 0.4) is 0 Å². The van der Waals surface area contributed by atoms with Crippen molar-refractivity contribution < 1.29 is 9.21 Å². The zero-order valence-electron chi connectivity index (χ0n) is 14.1. The summed E-state index contributed by atoms with van der Waals surface area (Å²) in [7, 11) is 2.02. The zero-order valence-corrected chi connectivity index (χ0v) is 14.9.